The highest BCUT2D eigenvalue weighted by atomic mass is 14.7. The minimum absolute atomic E-state index is 0.880. The van der Waals surface area contributed by atoms with Gasteiger partial charge in [0.05, 0.1) is 5.52 Å². The first-order valence-electron chi connectivity index (χ1n) is 6.28. The maximum absolute atomic E-state index is 6.18. The zero-order valence-corrected chi connectivity index (χ0v) is 10.9. The molecule has 2 aromatic rings. The highest BCUT2D eigenvalue weighted by Gasteiger charge is 2.06. The minimum Gasteiger partial charge on any atom is -0.398 e. The molecule has 0 atom stereocenters. The molecule has 0 fully saturated rings. The fourth-order valence-corrected chi connectivity index (χ4v) is 2.09. The van der Waals surface area contributed by atoms with E-state index in [1.165, 1.54) is 18.4 Å². The Hall–Kier alpha value is -1.57. The third kappa shape index (κ3) is 2.26. The topological polar surface area (TPSA) is 38.9 Å². The van der Waals surface area contributed by atoms with Gasteiger partial charge in [-0.2, -0.15) is 0 Å². The largest absolute Gasteiger partial charge is 0.398 e. The summed E-state index contributed by atoms with van der Waals surface area (Å²) in [6, 6.07) is 6.45. The van der Waals surface area contributed by atoms with E-state index in [1.807, 2.05) is 13.8 Å². The number of fused-ring (bicyclic) bond motifs is 1. The standard InChI is InChI=1S/C15H20N2/c1-4-5-6-12-7-8-14-13(9-12)15(16)10(2)11(3)17-14/h7-9H,4-6H2,1-3H3,(H2,16,17). The molecule has 17 heavy (non-hydrogen) atoms. The summed E-state index contributed by atoms with van der Waals surface area (Å²) in [5.74, 6) is 0. The zero-order chi connectivity index (χ0) is 12.4. The van der Waals surface area contributed by atoms with Crippen LogP contribution in [0.25, 0.3) is 10.9 Å². The van der Waals surface area contributed by atoms with Crippen LogP contribution in [0, 0.1) is 13.8 Å². The molecule has 0 bridgehead atoms. The molecular weight excluding hydrogens is 208 g/mol. The van der Waals surface area contributed by atoms with Gasteiger partial charge in [-0.25, -0.2) is 0 Å². The van der Waals surface area contributed by atoms with E-state index in [-0.39, 0.29) is 0 Å². The second-order valence-corrected chi connectivity index (χ2v) is 4.69. The minimum atomic E-state index is 0.880. The number of nitrogen functional groups attached to an aromatic ring is 1. The van der Waals surface area contributed by atoms with Crippen molar-refractivity contribution in [2.75, 3.05) is 5.73 Å². The monoisotopic (exact) mass is 228 g/mol. The van der Waals surface area contributed by atoms with Crippen LogP contribution in [0.5, 0.6) is 0 Å². The van der Waals surface area contributed by atoms with Gasteiger partial charge >= 0.3 is 0 Å². The van der Waals surface area contributed by atoms with Crippen LogP contribution in [0.3, 0.4) is 0 Å². The molecule has 0 aliphatic heterocycles. The van der Waals surface area contributed by atoms with Crippen LogP contribution in [-0.2, 0) is 6.42 Å². The summed E-state index contributed by atoms with van der Waals surface area (Å²) >= 11 is 0. The lowest BCUT2D eigenvalue weighted by Crippen LogP contribution is -1.98. The Morgan fingerprint density at radius 1 is 1.24 bits per heavy atom. The molecule has 0 aliphatic rings. The second-order valence-electron chi connectivity index (χ2n) is 4.69. The Bertz CT molecular complexity index is 544. The van der Waals surface area contributed by atoms with Crippen molar-refractivity contribution in [1.29, 1.82) is 0 Å². The lowest BCUT2D eigenvalue weighted by Gasteiger charge is -2.10. The number of benzene rings is 1. The molecule has 0 saturated carbocycles. The van der Waals surface area contributed by atoms with Gasteiger partial charge in [0.2, 0.25) is 0 Å². The van der Waals surface area contributed by atoms with E-state index in [2.05, 4.69) is 30.1 Å². The van der Waals surface area contributed by atoms with Crippen molar-refractivity contribution in [3.05, 3.63) is 35.0 Å². The smallest absolute Gasteiger partial charge is 0.0726 e. The van der Waals surface area contributed by atoms with Crippen molar-refractivity contribution in [2.45, 2.75) is 40.0 Å². The van der Waals surface area contributed by atoms with Gasteiger partial charge in [0.25, 0.3) is 0 Å². The van der Waals surface area contributed by atoms with Crippen LogP contribution in [0.4, 0.5) is 5.69 Å². The molecule has 0 saturated heterocycles. The SMILES string of the molecule is CCCCc1ccc2nc(C)c(C)c(N)c2c1. The van der Waals surface area contributed by atoms with Crippen LogP contribution in [0.15, 0.2) is 18.2 Å². The van der Waals surface area contributed by atoms with Crippen LogP contribution < -0.4 is 5.73 Å². The van der Waals surface area contributed by atoms with E-state index in [4.69, 9.17) is 5.73 Å². The summed E-state index contributed by atoms with van der Waals surface area (Å²) in [4.78, 5) is 4.58. The van der Waals surface area contributed by atoms with Crippen LogP contribution in [-0.4, -0.2) is 4.98 Å². The first-order chi connectivity index (χ1) is 8.13. The lowest BCUT2D eigenvalue weighted by molar-refractivity contribution is 0.796. The fraction of sp³-hybridized carbons (Fsp3) is 0.400. The van der Waals surface area contributed by atoms with E-state index < -0.39 is 0 Å². The molecule has 0 unspecified atom stereocenters. The number of unbranched alkanes of at least 4 members (excludes halogenated alkanes) is 1. The predicted octanol–water partition coefficient (Wildman–Crippen LogP) is 3.78. The van der Waals surface area contributed by atoms with Crippen molar-refractivity contribution in [1.82, 2.24) is 4.98 Å². The second kappa shape index (κ2) is 4.74. The molecule has 1 heterocycles. The number of aromatic nitrogens is 1. The molecule has 0 amide bonds. The van der Waals surface area contributed by atoms with Gasteiger partial charge in [0.15, 0.2) is 0 Å². The summed E-state index contributed by atoms with van der Waals surface area (Å²) in [6.07, 6.45) is 3.57. The molecule has 1 aromatic carbocycles. The van der Waals surface area contributed by atoms with Gasteiger partial charge in [-0.1, -0.05) is 19.4 Å². The van der Waals surface area contributed by atoms with Gasteiger partial charge in [0.1, 0.15) is 0 Å². The van der Waals surface area contributed by atoms with E-state index in [1.54, 1.807) is 0 Å². The third-order valence-electron chi connectivity index (χ3n) is 3.41. The molecule has 2 rings (SSSR count). The van der Waals surface area contributed by atoms with Gasteiger partial charge in [0, 0.05) is 16.8 Å². The van der Waals surface area contributed by atoms with Crippen molar-refractivity contribution >= 4 is 16.6 Å². The summed E-state index contributed by atoms with van der Waals surface area (Å²) < 4.78 is 0. The van der Waals surface area contributed by atoms with E-state index in [9.17, 15) is 0 Å². The molecule has 2 heteroatoms. The van der Waals surface area contributed by atoms with Crippen LogP contribution >= 0.6 is 0 Å². The first kappa shape index (κ1) is 11.9. The average Bonchev–Trinajstić information content (AvgIpc) is 2.34. The number of nitrogens with two attached hydrogens (primary N) is 1. The Morgan fingerprint density at radius 2 is 2.00 bits per heavy atom. The van der Waals surface area contributed by atoms with Crippen molar-refractivity contribution < 1.29 is 0 Å². The predicted molar refractivity (Wildman–Crippen MR) is 74.2 cm³/mol. The van der Waals surface area contributed by atoms with E-state index in [0.717, 1.165) is 34.3 Å². The molecular formula is C15H20N2. The third-order valence-corrected chi connectivity index (χ3v) is 3.41. The molecule has 2 nitrogen and oxygen atoms in total. The maximum atomic E-state index is 6.18. The molecule has 2 N–H and O–H groups in total. The number of hydrogen-bond donors (Lipinski definition) is 1. The average molecular weight is 228 g/mol. The summed E-state index contributed by atoms with van der Waals surface area (Å²) in [6.45, 7) is 6.26. The van der Waals surface area contributed by atoms with Gasteiger partial charge < -0.3 is 5.73 Å². The molecule has 0 spiro atoms. The number of rotatable bonds is 3. The maximum Gasteiger partial charge on any atom is 0.0726 e. The molecule has 1 aromatic heterocycles. The number of pyridine rings is 1. The van der Waals surface area contributed by atoms with Crippen molar-refractivity contribution in [3.63, 3.8) is 0 Å². The number of aryl methyl sites for hydroxylation is 2. The quantitative estimate of drug-likeness (QED) is 0.868. The van der Waals surface area contributed by atoms with Crippen molar-refractivity contribution in [3.8, 4) is 0 Å². The lowest BCUT2D eigenvalue weighted by atomic mass is 10.0. The first-order valence-corrected chi connectivity index (χ1v) is 6.28. The van der Waals surface area contributed by atoms with Crippen LogP contribution in [0.1, 0.15) is 36.6 Å². The molecule has 0 radical (unpaired) electrons. The number of anilines is 1. The summed E-state index contributed by atoms with van der Waals surface area (Å²) in [5, 5.41) is 1.10. The number of hydrogen-bond acceptors (Lipinski definition) is 2. The Morgan fingerprint density at radius 3 is 2.71 bits per heavy atom. The highest BCUT2D eigenvalue weighted by molar-refractivity contribution is 5.92. The normalized spacial score (nSPS) is 11.0. The van der Waals surface area contributed by atoms with Crippen molar-refractivity contribution in [2.24, 2.45) is 0 Å². The Labute approximate surface area is 103 Å². The van der Waals surface area contributed by atoms with Gasteiger partial charge in [-0.3, -0.25) is 4.98 Å². The van der Waals surface area contributed by atoms with Gasteiger partial charge in [-0.15, -0.1) is 0 Å². The summed E-state index contributed by atoms with van der Waals surface area (Å²) in [5.41, 5.74) is 11.5. The molecule has 90 valence electrons. The van der Waals surface area contributed by atoms with E-state index in [0.29, 0.717) is 0 Å². The molecule has 0 aliphatic carbocycles. The number of nitrogens with zero attached hydrogens (tertiary/aromatic N) is 1. The summed E-state index contributed by atoms with van der Waals surface area (Å²) in [7, 11) is 0. The Kier molecular flexibility index (Phi) is 3.32. The Balaban J connectivity index is 2.53. The van der Waals surface area contributed by atoms with E-state index >= 15 is 0 Å². The highest BCUT2D eigenvalue weighted by Crippen LogP contribution is 2.26. The fourth-order valence-electron chi connectivity index (χ4n) is 2.09. The zero-order valence-electron chi connectivity index (χ0n) is 10.9. The van der Waals surface area contributed by atoms with Crippen LogP contribution in [0.2, 0.25) is 0 Å². The van der Waals surface area contributed by atoms with Gasteiger partial charge in [-0.05, 0) is 49.9 Å².